The zero-order valence-corrected chi connectivity index (χ0v) is 10.7. The molecule has 3 nitrogen and oxygen atoms in total. The number of hydrogen-bond donors (Lipinski definition) is 0. The molecule has 4 heteroatoms. The molecule has 0 saturated heterocycles. The summed E-state index contributed by atoms with van der Waals surface area (Å²) in [6.45, 7) is 1.54. The van der Waals surface area contributed by atoms with Gasteiger partial charge in [-0.15, -0.1) is 0 Å². The van der Waals surface area contributed by atoms with Gasteiger partial charge in [-0.3, -0.25) is 9.48 Å². The molecule has 0 radical (unpaired) electrons. The van der Waals surface area contributed by atoms with Gasteiger partial charge in [0.1, 0.15) is 5.69 Å². The number of ketones is 1. The Labute approximate surface area is 102 Å². The highest BCUT2D eigenvalue weighted by atomic mass is 79.9. The Kier molecular flexibility index (Phi) is 2.92. The lowest BCUT2D eigenvalue weighted by molar-refractivity contribution is 0.100. The van der Waals surface area contributed by atoms with Crippen LogP contribution in [0.1, 0.15) is 17.4 Å². The fourth-order valence-corrected chi connectivity index (χ4v) is 1.82. The van der Waals surface area contributed by atoms with Crippen LogP contribution in [0.4, 0.5) is 0 Å². The molecule has 16 heavy (non-hydrogen) atoms. The second-order valence-electron chi connectivity index (χ2n) is 3.60. The minimum absolute atomic E-state index is 0.0263. The van der Waals surface area contributed by atoms with Gasteiger partial charge in [-0.2, -0.15) is 5.10 Å². The normalized spacial score (nSPS) is 10.4. The second-order valence-corrected chi connectivity index (χ2v) is 4.52. The molecule has 0 saturated carbocycles. The Morgan fingerprint density at radius 2 is 1.94 bits per heavy atom. The smallest absolute Gasteiger partial charge is 0.177 e. The van der Waals surface area contributed by atoms with Crippen LogP contribution >= 0.6 is 15.9 Å². The number of Topliss-reactive ketones (excluding diaryl/α,β-unsaturated/α-hetero) is 1. The van der Waals surface area contributed by atoms with Gasteiger partial charge < -0.3 is 0 Å². The van der Waals surface area contributed by atoms with E-state index in [-0.39, 0.29) is 5.78 Å². The Balaban J connectivity index is 2.45. The van der Waals surface area contributed by atoms with Gasteiger partial charge in [-0.1, -0.05) is 28.1 Å². The lowest BCUT2D eigenvalue weighted by Gasteiger charge is -1.95. The number of carbonyl (C=O) groups excluding carboxylic acids is 1. The predicted octanol–water partition coefficient (Wildman–Crippen LogP) is 3.05. The third-order valence-electron chi connectivity index (χ3n) is 2.38. The molecule has 0 atom stereocenters. The molecule has 0 unspecified atom stereocenters. The van der Waals surface area contributed by atoms with Crippen LogP contribution in [0, 0.1) is 0 Å². The Morgan fingerprint density at radius 1 is 1.31 bits per heavy atom. The SMILES string of the molecule is CC(=O)c1cc(-c2ccc(Br)cc2)nn1C. The maximum atomic E-state index is 11.3. The van der Waals surface area contributed by atoms with Crippen LogP contribution in [-0.4, -0.2) is 15.6 Å². The fourth-order valence-electron chi connectivity index (χ4n) is 1.56. The van der Waals surface area contributed by atoms with E-state index in [1.807, 2.05) is 30.3 Å². The number of hydrogen-bond acceptors (Lipinski definition) is 2. The van der Waals surface area contributed by atoms with E-state index in [9.17, 15) is 4.79 Å². The average Bonchev–Trinajstić information content (AvgIpc) is 2.61. The number of aromatic nitrogens is 2. The van der Waals surface area contributed by atoms with Gasteiger partial charge in [0, 0.05) is 24.0 Å². The van der Waals surface area contributed by atoms with E-state index in [1.165, 1.54) is 0 Å². The molecule has 0 bridgehead atoms. The van der Waals surface area contributed by atoms with Crippen molar-refractivity contribution >= 4 is 21.7 Å². The molecular formula is C12H11BrN2O. The van der Waals surface area contributed by atoms with E-state index in [2.05, 4.69) is 21.0 Å². The van der Waals surface area contributed by atoms with Crippen molar-refractivity contribution in [3.8, 4) is 11.3 Å². The van der Waals surface area contributed by atoms with Gasteiger partial charge in [0.15, 0.2) is 5.78 Å². The molecule has 1 aromatic carbocycles. The zero-order valence-electron chi connectivity index (χ0n) is 9.07. The van der Waals surface area contributed by atoms with E-state index in [1.54, 1.807) is 18.7 Å². The molecular weight excluding hydrogens is 268 g/mol. The van der Waals surface area contributed by atoms with E-state index >= 15 is 0 Å². The lowest BCUT2D eigenvalue weighted by Crippen LogP contribution is -2.02. The predicted molar refractivity (Wildman–Crippen MR) is 66.3 cm³/mol. The quantitative estimate of drug-likeness (QED) is 0.792. The highest BCUT2D eigenvalue weighted by molar-refractivity contribution is 9.10. The first-order chi connectivity index (χ1) is 7.58. The molecule has 0 N–H and O–H groups in total. The number of nitrogens with zero attached hydrogens (tertiary/aromatic N) is 2. The Morgan fingerprint density at radius 3 is 2.44 bits per heavy atom. The van der Waals surface area contributed by atoms with E-state index in [0.717, 1.165) is 15.7 Å². The van der Waals surface area contributed by atoms with E-state index in [4.69, 9.17) is 0 Å². The van der Waals surface area contributed by atoms with Crippen molar-refractivity contribution in [2.45, 2.75) is 6.92 Å². The molecule has 1 aromatic heterocycles. The van der Waals surface area contributed by atoms with Crippen molar-refractivity contribution < 1.29 is 4.79 Å². The lowest BCUT2D eigenvalue weighted by atomic mass is 10.1. The van der Waals surface area contributed by atoms with Crippen LogP contribution < -0.4 is 0 Å². The van der Waals surface area contributed by atoms with Crippen LogP contribution in [0.5, 0.6) is 0 Å². The summed E-state index contributed by atoms with van der Waals surface area (Å²) in [6.07, 6.45) is 0. The van der Waals surface area contributed by atoms with Crippen molar-refractivity contribution in [1.82, 2.24) is 9.78 Å². The van der Waals surface area contributed by atoms with Gasteiger partial charge in [0.25, 0.3) is 0 Å². The summed E-state index contributed by atoms with van der Waals surface area (Å²) >= 11 is 3.38. The molecule has 0 fully saturated rings. The first-order valence-corrected chi connectivity index (χ1v) is 5.68. The first kappa shape index (κ1) is 11.1. The van der Waals surface area contributed by atoms with Crippen molar-refractivity contribution in [2.75, 3.05) is 0 Å². The average molecular weight is 279 g/mol. The summed E-state index contributed by atoms with van der Waals surface area (Å²) in [5, 5.41) is 4.31. The minimum Gasteiger partial charge on any atom is -0.293 e. The zero-order chi connectivity index (χ0) is 11.7. The third-order valence-corrected chi connectivity index (χ3v) is 2.91. The Bertz CT molecular complexity index is 528. The highest BCUT2D eigenvalue weighted by Gasteiger charge is 2.10. The van der Waals surface area contributed by atoms with Crippen LogP contribution in [0.3, 0.4) is 0 Å². The summed E-state index contributed by atoms with van der Waals surface area (Å²) in [7, 11) is 1.78. The summed E-state index contributed by atoms with van der Waals surface area (Å²) < 4.78 is 2.64. The summed E-state index contributed by atoms with van der Waals surface area (Å²) in [5.41, 5.74) is 2.45. The molecule has 1 heterocycles. The number of benzene rings is 1. The van der Waals surface area contributed by atoms with Gasteiger partial charge in [-0.25, -0.2) is 0 Å². The topological polar surface area (TPSA) is 34.9 Å². The van der Waals surface area contributed by atoms with Crippen molar-refractivity contribution in [3.63, 3.8) is 0 Å². The second kappa shape index (κ2) is 4.22. The minimum atomic E-state index is 0.0263. The van der Waals surface area contributed by atoms with Crippen molar-refractivity contribution in [2.24, 2.45) is 7.05 Å². The molecule has 82 valence electrons. The molecule has 0 aliphatic rings. The van der Waals surface area contributed by atoms with Gasteiger partial charge in [0.05, 0.1) is 5.69 Å². The van der Waals surface area contributed by atoms with Gasteiger partial charge in [-0.05, 0) is 18.2 Å². The van der Waals surface area contributed by atoms with E-state index in [0.29, 0.717) is 5.69 Å². The Hall–Kier alpha value is -1.42. The monoisotopic (exact) mass is 278 g/mol. The van der Waals surface area contributed by atoms with Crippen LogP contribution in [0.2, 0.25) is 0 Å². The standard InChI is InChI=1S/C12H11BrN2O/c1-8(16)12-7-11(14-15(12)2)9-3-5-10(13)6-4-9/h3-7H,1-2H3. The maximum Gasteiger partial charge on any atom is 0.177 e. The molecule has 0 amide bonds. The first-order valence-electron chi connectivity index (χ1n) is 4.89. The number of halogens is 1. The molecule has 2 aromatic rings. The van der Waals surface area contributed by atoms with Crippen LogP contribution in [-0.2, 0) is 7.05 Å². The number of aryl methyl sites for hydroxylation is 1. The highest BCUT2D eigenvalue weighted by Crippen LogP contribution is 2.21. The molecule has 0 aliphatic heterocycles. The number of rotatable bonds is 2. The number of carbonyl (C=O) groups is 1. The molecule has 2 rings (SSSR count). The largest absolute Gasteiger partial charge is 0.293 e. The summed E-state index contributed by atoms with van der Waals surface area (Å²) in [4.78, 5) is 11.3. The third kappa shape index (κ3) is 2.07. The fraction of sp³-hybridized carbons (Fsp3) is 0.167. The van der Waals surface area contributed by atoms with Crippen molar-refractivity contribution in [1.29, 1.82) is 0 Å². The van der Waals surface area contributed by atoms with Crippen LogP contribution in [0.25, 0.3) is 11.3 Å². The van der Waals surface area contributed by atoms with Crippen molar-refractivity contribution in [3.05, 3.63) is 40.5 Å². The van der Waals surface area contributed by atoms with Gasteiger partial charge >= 0.3 is 0 Å². The van der Waals surface area contributed by atoms with Gasteiger partial charge in [0.2, 0.25) is 0 Å². The summed E-state index contributed by atoms with van der Waals surface area (Å²) in [6, 6.07) is 9.66. The van der Waals surface area contributed by atoms with Crippen LogP contribution in [0.15, 0.2) is 34.8 Å². The molecule has 0 aliphatic carbocycles. The van der Waals surface area contributed by atoms with E-state index < -0.39 is 0 Å². The molecule has 0 spiro atoms. The summed E-state index contributed by atoms with van der Waals surface area (Å²) in [5.74, 6) is 0.0263. The maximum absolute atomic E-state index is 11.3.